The SMILES string of the molecule is Cc1ccc([C@H]2CN3CCNC[C@H]3c3ccccc32)cc1.Cl.Cl. The zero-order valence-corrected chi connectivity index (χ0v) is 15.0. The smallest absolute Gasteiger partial charge is 0.0476 e. The number of benzene rings is 2. The molecule has 124 valence electrons. The summed E-state index contributed by atoms with van der Waals surface area (Å²) in [4.78, 5) is 2.66. The van der Waals surface area contributed by atoms with E-state index in [0.29, 0.717) is 12.0 Å². The summed E-state index contributed by atoms with van der Waals surface area (Å²) in [5.74, 6) is 0.510. The summed E-state index contributed by atoms with van der Waals surface area (Å²) in [7, 11) is 0. The van der Waals surface area contributed by atoms with Gasteiger partial charge in [0.15, 0.2) is 0 Å². The molecule has 23 heavy (non-hydrogen) atoms. The van der Waals surface area contributed by atoms with Crippen molar-refractivity contribution in [2.75, 3.05) is 26.2 Å². The average Bonchev–Trinajstić information content (AvgIpc) is 2.55. The van der Waals surface area contributed by atoms with Crippen LogP contribution in [0.1, 0.15) is 34.2 Å². The topological polar surface area (TPSA) is 15.3 Å². The molecule has 2 nitrogen and oxygen atoms in total. The van der Waals surface area contributed by atoms with Crippen molar-refractivity contribution in [3.8, 4) is 0 Å². The Morgan fingerprint density at radius 3 is 2.39 bits per heavy atom. The fourth-order valence-corrected chi connectivity index (χ4v) is 3.82. The molecule has 0 amide bonds. The first-order valence-corrected chi connectivity index (χ1v) is 7.93. The first kappa shape index (κ1) is 18.3. The second kappa shape index (κ2) is 7.67. The molecule has 1 N–H and O–H groups in total. The zero-order chi connectivity index (χ0) is 14.2. The molecule has 4 rings (SSSR count). The van der Waals surface area contributed by atoms with Crippen LogP contribution in [0.4, 0.5) is 0 Å². The second-order valence-corrected chi connectivity index (χ2v) is 6.31. The van der Waals surface area contributed by atoms with Crippen molar-refractivity contribution in [1.82, 2.24) is 10.2 Å². The van der Waals surface area contributed by atoms with E-state index in [4.69, 9.17) is 0 Å². The summed E-state index contributed by atoms with van der Waals surface area (Å²) >= 11 is 0. The summed E-state index contributed by atoms with van der Waals surface area (Å²) in [6, 6.07) is 18.7. The quantitative estimate of drug-likeness (QED) is 0.838. The van der Waals surface area contributed by atoms with Crippen molar-refractivity contribution in [2.45, 2.75) is 18.9 Å². The molecule has 2 aromatic rings. The Balaban J connectivity index is 0.000000960. The van der Waals surface area contributed by atoms with Crippen LogP contribution in [0.3, 0.4) is 0 Å². The van der Waals surface area contributed by atoms with Crippen LogP contribution < -0.4 is 5.32 Å². The monoisotopic (exact) mass is 350 g/mol. The fraction of sp³-hybridized carbons (Fsp3) is 0.368. The largest absolute Gasteiger partial charge is 0.314 e. The van der Waals surface area contributed by atoms with Crippen LogP contribution in [-0.4, -0.2) is 31.1 Å². The van der Waals surface area contributed by atoms with Crippen LogP contribution in [-0.2, 0) is 0 Å². The molecular weight excluding hydrogens is 327 g/mol. The highest BCUT2D eigenvalue weighted by Gasteiger charge is 2.34. The van der Waals surface area contributed by atoms with Crippen molar-refractivity contribution in [3.05, 3.63) is 70.8 Å². The molecule has 0 aromatic heterocycles. The molecule has 2 atom stereocenters. The fourth-order valence-electron chi connectivity index (χ4n) is 3.82. The van der Waals surface area contributed by atoms with Gasteiger partial charge >= 0.3 is 0 Å². The lowest BCUT2D eigenvalue weighted by Crippen LogP contribution is -2.50. The van der Waals surface area contributed by atoms with Crippen LogP contribution in [0.2, 0.25) is 0 Å². The number of piperazine rings is 1. The number of nitrogens with one attached hydrogen (secondary N) is 1. The Morgan fingerprint density at radius 2 is 1.65 bits per heavy atom. The third kappa shape index (κ3) is 3.41. The third-order valence-corrected chi connectivity index (χ3v) is 4.98. The molecule has 2 aromatic carbocycles. The van der Waals surface area contributed by atoms with Crippen LogP contribution >= 0.6 is 24.8 Å². The molecule has 1 saturated heterocycles. The lowest BCUT2D eigenvalue weighted by atomic mass is 9.80. The Labute approximate surface area is 151 Å². The van der Waals surface area contributed by atoms with Crippen LogP contribution in [0, 0.1) is 6.92 Å². The standard InChI is InChI=1S/C19H22N2.2ClH/c1-14-6-8-15(9-7-14)18-13-21-11-10-20-12-19(21)17-5-3-2-4-16(17)18;;/h2-9,18-20H,10-13H2,1H3;2*1H/t18-,19+;;/m1../s1. The van der Waals surface area contributed by atoms with E-state index in [9.17, 15) is 0 Å². The Hall–Kier alpha value is -1.06. The number of hydrogen-bond donors (Lipinski definition) is 1. The molecule has 1 fully saturated rings. The van der Waals surface area contributed by atoms with Gasteiger partial charge in [0.2, 0.25) is 0 Å². The molecule has 0 saturated carbocycles. The lowest BCUT2D eigenvalue weighted by molar-refractivity contribution is 0.143. The van der Waals surface area contributed by atoms with E-state index in [-0.39, 0.29) is 24.8 Å². The second-order valence-electron chi connectivity index (χ2n) is 6.31. The van der Waals surface area contributed by atoms with Crippen molar-refractivity contribution in [2.24, 2.45) is 0 Å². The highest BCUT2D eigenvalue weighted by atomic mass is 35.5. The van der Waals surface area contributed by atoms with Gasteiger partial charge in [0, 0.05) is 38.1 Å². The highest BCUT2D eigenvalue weighted by molar-refractivity contribution is 5.85. The number of halogens is 2. The molecule has 0 aliphatic carbocycles. The number of rotatable bonds is 1. The van der Waals surface area contributed by atoms with Gasteiger partial charge in [-0.1, -0.05) is 54.1 Å². The predicted octanol–water partition coefficient (Wildman–Crippen LogP) is 3.93. The molecule has 4 heteroatoms. The van der Waals surface area contributed by atoms with E-state index in [1.807, 2.05) is 0 Å². The van der Waals surface area contributed by atoms with Gasteiger partial charge in [0.1, 0.15) is 0 Å². The predicted molar refractivity (Wildman–Crippen MR) is 101 cm³/mol. The third-order valence-electron chi connectivity index (χ3n) is 4.98. The molecule has 0 spiro atoms. The minimum atomic E-state index is 0. The van der Waals surface area contributed by atoms with Crippen LogP contribution in [0.5, 0.6) is 0 Å². The number of aryl methyl sites for hydroxylation is 1. The summed E-state index contributed by atoms with van der Waals surface area (Å²) in [5, 5.41) is 3.55. The van der Waals surface area contributed by atoms with Gasteiger partial charge < -0.3 is 5.32 Å². The minimum absolute atomic E-state index is 0. The van der Waals surface area contributed by atoms with Gasteiger partial charge in [0.05, 0.1) is 0 Å². The summed E-state index contributed by atoms with van der Waals surface area (Å²) in [6.45, 7) is 6.65. The van der Waals surface area contributed by atoms with Gasteiger partial charge in [-0.25, -0.2) is 0 Å². The minimum Gasteiger partial charge on any atom is -0.314 e. The van der Waals surface area contributed by atoms with E-state index in [2.05, 4.69) is 65.7 Å². The van der Waals surface area contributed by atoms with Crippen molar-refractivity contribution in [3.63, 3.8) is 0 Å². The van der Waals surface area contributed by atoms with E-state index < -0.39 is 0 Å². The zero-order valence-electron chi connectivity index (χ0n) is 13.4. The molecule has 0 radical (unpaired) electrons. The van der Waals surface area contributed by atoms with Crippen molar-refractivity contribution >= 4 is 24.8 Å². The van der Waals surface area contributed by atoms with Gasteiger partial charge in [-0.15, -0.1) is 24.8 Å². The molecule has 2 aliphatic heterocycles. The van der Waals surface area contributed by atoms with Gasteiger partial charge in [-0.2, -0.15) is 0 Å². The maximum atomic E-state index is 3.55. The summed E-state index contributed by atoms with van der Waals surface area (Å²) in [5.41, 5.74) is 5.82. The molecule has 0 bridgehead atoms. The van der Waals surface area contributed by atoms with Crippen LogP contribution in [0.15, 0.2) is 48.5 Å². The maximum Gasteiger partial charge on any atom is 0.0476 e. The van der Waals surface area contributed by atoms with E-state index >= 15 is 0 Å². The number of nitrogens with zero attached hydrogens (tertiary/aromatic N) is 1. The Bertz CT molecular complexity index is 642. The summed E-state index contributed by atoms with van der Waals surface area (Å²) < 4.78 is 0. The average molecular weight is 351 g/mol. The van der Waals surface area contributed by atoms with Gasteiger partial charge in [0.25, 0.3) is 0 Å². The normalized spacial score (nSPS) is 23.0. The first-order chi connectivity index (χ1) is 10.3. The van der Waals surface area contributed by atoms with Gasteiger partial charge in [-0.05, 0) is 23.6 Å². The van der Waals surface area contributed by atoms with Crippen LogP contribution in [0.25, 0.3) is 0 Å². The molecule has 2 heterocycles. The van der Waals surface area contributed by atoms with E-state index in [1.165, 1.54) is 22.3 Å². The number of fused-ring (bicyclic) bond motifs is 3. The number of hydrogen-bond acceptors (Lipinski definition) is 2. The first-order valence-electron chi connectivity index (χ1n) is 7.93. The summed E-state index contributed by atoms with van der Waals surface area (Å²) in [6.07, 6.45) is 0. The molecular formula is C19H24Cl2N2. The molecule has 2 aliphatic rings. The van der Waals surface area contributed by atoms with Crippen molar-refractivity contribution in [1.29, 1.82) is 0 Å². The van der Waals surface area contributed by atoms with Crippen molar-refractivity contribution < 1.29 is 0 Å². The lowest BCUT2D eigenvalue weighted by Gasteiger charge is -2.44. The Kier molecular flexibility index (Phi) is 6.10. The highest BCUT2D eigenvalue weighted by Crippen LogP contribution is 2.39. The van der Waals surface area contributed by atoms with E-state index in [1.54, 1.807) is 0 Å². The maximum absolute atomic E-state index is 3.55. The molecule has 0 unspecified atom stereocenters. The van der Waals surface area contributed by atoms with E-state index in [0.717, 1.165) is 26.2 Å². The Morgan fingerprint density at radius 1 is 0.957 bits per heavy atom. The van der Waals surface area contributed by atoms with Gasteiger partial charge in [-0.3, -0.25) is 4.90 Å².